The molecule has 0 saturated heterocycles. The molecular weight excluding hydrogens is 120 g/mol. The van der Waals surface area contributed by atoms with Crippen LogP contribution in [-0.2, 0) is 4.79 Å². The van der Waals surface area contributed by atoms with E-state index in [1.807, 2.05) is 0 Å². The van der Waals surface area contributed by atoms with Gasteiger partial charge in [0.05, 0.1) is 0 Å². The van der Waals surface area contributed by atoms with Crippen LogP contribution in [0.1, 0.15) is 6.42 Å². The summed E-state index contributed by atoms with van der Waals surface area (Å²) in [6.07, 6.45) is 1.42. The quantitative estimate of drug-likeness (QED) is 0.299. The summed E-state index contributed by atoms with van der Waals surface area (Å²) < 4.78 is 0. The van der Waals surface area contributed by atoms with Gasteiger partial charge in [-0.15, -0.1) is 0 Å². The Morgan fingerprint density at radius 1 is 1.78 bits per heavy atom. The van der Waals surface area contributed by atoms with E-state index in [0.29, 0.717) is 19.5 Å². The first kappa shape index (κ1) is 8.39. The summed E-state index contributed by atoms with van der Waals surface area (Å²) in [5.41, 5.74) is 0. The lowest BCUT2D eigenvalue weighted by Gasteiger charge is -2.05. The van der Waals surface area contributed by atoms with Crippen LogP contribution in [0.4, 0.5) is 0 Å². The second kappa shape index (κ2) is 5.53. The van der Waals surface area contributed by atoms with Crippen molar-refractivity contribution in [3.05, 3.63) is 0 Å². The summed E-state index contributed by atoms with van der Waals surface area (Å²) in [5, 5.41) is 12.1. The molecule has 0 fully saturated rings. The molecular formula is C5H12N2O2. The van der Waals surface area contributed by atoms with Crippen LogP contribution in [0.3, 0.4) is 0 Å². The van der Waals surface area contributed by atoms with E-state index in [9.17, 15) is 4.79 Å². The van der Waals surface area contributed by atoms with Gasteiger partial charge in [-0.3, -0.25) is 4.79 Å². The van der Waals surface area contributed by atoms with Gasteiger partial charge in [0.1, 0.15) is 0 Å². The van der Waals surface area contributed by atoms with E-state index in [1.54, 1.807) is 7.05 Å². The van der Waals surface area contributed by atoms with E-state index in [1.165, 1.54) is 0 Å². The minimum Gasteiger partial charge on any atom is -0.359 e. The lowest BCUT2D eigenvalue weighted by atomic mass is 10.4. The molecule has 0 heterocycles. The molecule has 0 aromatic carbocycles. The van der Waals surface area contributed by atoms with Crippen molar-refractivity contribution in [2.24, 2.45) is 0 Å². The number of hydroxylamine groups is 2. The van der Waals surface area contributed by atoms with Gasteiger partial charge in [0.2, 0.25) is 6.41 Å². The zero-order chi connectivity index (χ0) is 7.11. The van der Waals surface area contributed by atoms with Gasteiger partial charge in [-0.05, 0) is 6.42 Å². The van der Waals surface area contributed by atoms with Crippen LogP contribution < -0.4 is 5.32 Å². The first-order chi connectivity index (χ1) is 4.27. The van der Waals surface area contributed by atoms with Gasteiger partial charge in [0.25, 0.3) is 0 Å². The Morgan fingerprint density at radius 2 is 2.44 bits per heavy atom. The molecule has 0 saturated carbocycles. The summed E-state index contributed by atoms with van der Waals surface area (Å²) in [5.74, 6) is 0. The summed E-state index contributed by atoms with van der Waals surface area (Å²) >= 11 is 0. The van der Waals surface area contributed by atoms with Gasteiger partial charge in [-0.1, -0.05) is 0 Å². The predicted molar refractivity (Wildman–Crippen MR) is 33.1 cm³/mol. The van der Waals surface area contributed by atoms with E-state index >= 15 is 0 Å². The maximum atomic E-state index is 9.66. The van der Waals surface area contributed by atoms with Gasteiger partial charge in [-0.25, -0.2) is 0 Å². The maximum Gasteiger partial charge on any atom is 0.207 e. The fourth-order valence-corrected chi connectivity index (χ4v) is 0.469. The van der Waals surface area contributed by atoms with Crippen molar-refractivity contribution in [3.8, 4) is 0 Å². The standard InChI is InChI=1S/C5H12N2O2/c1-7(9)4-2-3-6-5-8/h5,9H,2-4H2,1H3,(H,6,8). The van der Waals surface area contributed by atoms with Crippen molar-refractivity contribution in [1.82, 2.24) is 10.4 Å². The van der Waals surface area contributed by atoms with Crippen LogP contribution in [0, 0.1) is 0 Å². The van der Waals surface area contributed by atoms with Gasteiger partial charge in [0.15, 0.2) is 0 Å². The molecule has 0 aromatic rings. The van der Waals surface area contributed by atoms with E-state index < -0.39 is 0 Å². The summed E-state index contributed by atoms with van der Waals surface area (Å²) in [6.45, 7) is 1.20. The Morgan fingerprint density at radius 3 is 2.89 bits per heavy atom. The van der Waals surface area contributed by atoms with E-state index in [4.69, 9.17) is 5.21 Å². The maximum absolute atomic E-state index is 9.66. The number of rotatable bonds is 5. The topological polar surface area (TPSA) is 52.6 Å². The van der Waals surface area contributed by atoms with Crippen molar-refractivity contribution in [3.63, 3.8) is 0 Å². The third kappa shape index (κ3) is 7.39. The molecule has 4 heteroatoms. The molecule has 4 nitrogen and oxygen atoms in total. The van der Waals surface area contributed by atoms with E-state index in [0.717, 1.165) is 11.5 Å². The highest BCUT2D eigenvalue weighted by Gasteiger charge is 1.88. The molecule has 0 radical (unpaired) electrons. The number of hydrogen-bond donors (Lipinski definition) is 2. The molecule has 0 aliphatic carbocycles. The van der Waals surface area contributed by atoms with Gasteiger partial charge in [0, 0.05) is 20.1 Å². The van der Waals surface area contributed by atoms with Crippen LogP contribution in [0.2, 0.25) is 0 Å². The van der Waals surface area contributed by atoms with Crippen LogP contribution in [0.15, 0.2) is 0 Å². The van der Waals surface area contributed by atoms with Crippen molar-refractivity contribution in [1.29, 1.82) is 0 Å². The molecule has 0 aliphatic heterocycles. The summed E-state index contributed by atoms with van der Waals surface area (Å²) in [4.78, 5) is 9.66. The second-order valence-corrected chi connectivity index (χ2v) is 1.81. The van der Waals surface area contributed by atoms with Crippen LogP contribution in [0.25, 0.3) is 0 Å². The molecule has 0 spiro atoms. The van der Waals surface area contributed by atoms with E-state index in [-0.39, 0.29) is 0 Å². The Hall–Kier alpha value is -0.610. The SMILES string of the molecule is CN(O)CCCNC=O. The minimum atomic E-state index is 0.584. The zero-order valence-electron chi connectivity index (χ0n) is 5.50. The number of amides is 1. The molecule has 9 heavy (non-hydrogen) atoms. The number of hydrogen-bond acceptors (Lipinski definition) is 3. The molecule has 0 rings (SSSR count). The Bertz CT molecular complexity index is 75.4. The molecule has 0 bridgehead atoms. The molecule has 2 N–H and O–H groups in total. The smallest absolute Gasteiger partial charge is 0.207 e. The number of nitrogens with zero attached hydrogens (tertiary/aromatic N) is 1. The van der Waals surface area contributed by atoms with Crippen molar-refractivity contribution >= 4 is 6.41 Å². The van der Waals surface area contributed by atoms with Crippen LogP contribution >= 0.6 is 0 Å². The predicted octanol–water partition coefficient (Wildman–Crippen LogP) is -0.556. The van der Waals surface area contributed by atoms with E-state index in [2.05, 4.69) is 5.32 Å². The second-order valence-electron chi connectivity index (χ2n) is 1.81. The third-order valence-electron chi connectivity index (χ3n) is 0.886. The average Bonchev–Trinajstić information content (AvgIpc) is 1.80. The highest BCUT2D eigenvalue weighted by atomic mass is 16.5. The first-order valence-electron chi connectivity index (χ1n) is 2.84. The molecule has 0 unspecified atom stereocenters. The largest absolute Gasteiger partial charge is 0.359 e. The molecule has 0 atom stereocenters. The third-order valence-corrected chi connectivity index (χ3v) is 0.886. The van der Waals surface area contributed by atoms with Gasteiger partial charge in [-0.2, -0.15) is 5.06 Å². The van der Waals surface area contributed by atoms with Gasteiger partial charge >= 0.3 is 0 Å². The first-order valence-corrected chi connectivity index (χ1v) is 2.84. The lowest BCUT2D eigenvalue weighted by Crippen LogP contribution is -2.20. The van der Waals surface area contributed by atoms with Crippen LogP contribution in [-0.4, -0.2) is 36.8 Å². The molecule has 1 amide bonds. The lowest BCUT2D eigenvalue weighted by molar-refractivity contribution is -0.109. The van der Waals surface area contributed by atoms with Crippen LogP contribution in [0.5, 0.6) is 0 Å². The van der Waals surface area contributed by atoms with Gasteiger partial charge < -0.3 is 10.5 Å². The fraction of sp³-hybridized carbons (Fsp3) is 0.800. The highest BCUT2D eigenvalue weighted by molar-refractivity contribution is 5.45. The summed E-state index contributed by atoms with van der Waals surface area (Å²) in [6, 6.07) is 0. The van der Waals surface area contributed by atoms with Crippen molar-refractivity contribution < 1.29 is 10.0 Å². The Balaban J connectivity index is 2.82. The molecule has 0 aromatic heterocycles. The molecule has 54 valence electrons. The fourth-order valence-electron chi connectivity index (χ4n) is 0.469. The van der Waals surface area contributed by atoms with Crippen molar-refractivity contribution in [2.75, 3.05) is 20.1 Å². The summed E-state index contributed by atoms with van der Waals surface area (Å²) in [7, 11) is 1.57. The number of carbonyl (C=O) groups is 1. The Labute approximate surface area is 54.4 Å². The monoisotopic (exact) mass is 132 g/mol. The van der Waals surface area contributed by atoms with Crippen molar-refractivity contribution in [2.45, 2.75) is 6.42 Å². The highest BCUT2D eigenvalue weighted by Crippen LogP contribution is 1.78. The normalized spacial score (nSPS) is 9.67. The Kier molecular flexibility index (Phi) is 5.15. The number of carbonyl (C=O) groups excluding carboxylic acids is 1. The average molecular weight is 132 g/mol. The molecule has 0 aliphatic rings. The minimum absolute atomic E-state index is 0.584. The number of nitrogens with one attached hydrogen (secondary N) is 1. The zero-order valence-corrected chi connectivity index (χ0v) is 5.50.